The number of amides is 1. The second kappa shape index (κ2) is 4.26. The van der Waals surface area contributed by atoms with Crippen LogP contribution in [0.15, 0.2) is 23.2 Å². The molecule has 0 aromatic heterocycles. The Balaban J connectivity index is 2.33. The quantitative estimate of drug-likeness (QED) is 0.538. The molecule has 1 aromatic carbocycles. The van der Waals surface area contributed by atoms with Gasteiger partial charge in [0, 0.05) is 11.8 Å². The number of rotatable bonds is 4. The summed E-state index contributed by atoms with van der Waals surface area (Å²) in [6.45, 7) is 3.58. The Morgan fingerprint density at radius 2 is 2.40 bits per heavy atom. The summed E-state index contributed by atoms with van der Waals surface area (Å²) in [6.07, 6.45) is 1.63. The van der Waals surface area contributed by atoms with Crippen molar-refractivity contribution in [2.75, 3.05) is 13.1 Å². The molecule has 3 heteroatoms. The van der Waals surface area contributed by atoms with Crippen molar-refractivity contribution in [3.63, 3.8) is 0 Å². The Labute approximate surface area is 88.5 Å². The number of nitrogens with zero attached hydrogens (tertiary/aromatic N) is 1. The van der Waals surface area contributed by atoms with Gasteiger partial charge in [-0.25, -0.2) is 0 Å². The van der Waals surface area contributed by atoms with Gasteiger partial charge in [-0.05, 0) is 30.5 Å². The summed E-state index contributed by atoms with van der Waals surface area (Å²) in [5.41, 5.74) is 2.60. The first-order valence-electron chi connectivity index (χ1n) is 5.12. The highest BCUT2D eigenvalue weighted by atomic mass is 16.1. The second-order valence-corrected chi connectivity index (χ2v) is 3.71. The Morgan fingerprint density at radius 3 is 3.20 bits per heavy atom. The number of benzene rings is 1. The van der Waals surface area contributed by atoms with E-state index in [1.807, 2.05) is 12.1 Å². The van der Waals surface area contributed by atoms with E-state index < -0.39 is 0 Å². The third kappa shape index (κ3) is 1.91. The largest absolute Gasteiger partial charge is 0.358 e. The maximum Gasteiger partial charge on any atom is 0.207 e. The number of fused-ring (bicyclic) bond motifs is 1. The molecule has 1 amide bonds. The molecule has 0 atom stereocenters. The monoisotopic (exact) mass is 202 g/mol. The van der Waals surface area contributed by atoms with Crippen molar-refractivity contribution in [2.24, 2.45) is 4.99 Å². The molecule has 0 spiro atoms. The molecule has 1 N–H and O–H groups in total. The molecule has 0 aliphatic carbocycles. The van der Waals surface area contributed by atoms with Crippen LogP contribution in [0.4, 0.5) is 0 Å². The molecule has 2 rings (SSSR count). The number of carbonyl (C=O) groups excluding carboxylic acids is 1. The van der Waals surface area contributed by atoms with Crippen molar-refractivity contribution in [1.29, 1.82) is 0 Å². The predicted molar refractivity (Wildman–Crippen MR) is 58.9 cm³/mol. The summed E-state index contributed by atoms with van der Waals surface area (Å²) in [6, 6.07) is 6.18. The maximum absolute atomic E-state index is 10.1. The molecule has 0 radical (unpaired) electrons. The maximum atomic E-state index is 10.1. The predicted octanol–water partition coefficient (Wildman–Crippen LogP) is -0.0850. The van der Waals surface area contributed by atoms with Gasteiger partial charge in [0.15, 0.2) is 0 Å². The van der Waals surface area contributed by atoms with Crippen molar-refractivity contribution in [3.8, 4) is 0 Å². The molecule has 1 heterocycles. The second-order valence-electron chi connectivity index (χ2n) is 3.71. The van der Waals surface area contributed by atoms with E-state index in [2.05, 4.69) is 23.3 Å². The average molecular weight is 202 g/mol. The van der Waals surface area contributed by atoms with Crippen LogP contribution in [-0.2, 0) is 4.79 Å². The minimum Gasteiger partial charge on any atom is -0.358 e. The van der Waals surface area contributed by atoms with Crippen molar-refractivity contribution >= 4 is 12.0 Å². The molecule has 3 nitrogen and oxygen atoms in total. The van der Waals surface area contributed by atoms with E-state index in [1.54, 1.807) is 0 Å². The molecule has 1 aromatic rings. The van der Waals surface area contributed by atoms with Gasteiger partial charge in [0.2, 0.25) is 6.41 Å². The number of nitrogens with one attached hydrogen (secondary N) is 1. The molecule has 1 aliphatic heterocycles. The van der Waals surface area contributed by atoms with Gasteiger partial charge in [-0.2, -0.15) is 0 Å². The van der Waals surface area contributed by atoms with Crippen molar-refractivity contribution < 1.29 is 4.79 Å². The fourth-order valence-corrected chi connectivity index (χ4v) is 1.99. The van der Waals surface area contributed by atoms with Crippen LogP contribution in [0, 0.1) is 6.92 Å². The average Bonchev–Trinajstić information content (AvgIpc) is 2.63. The standard InChI is InChI=1S/C12H14N2O/c1-9-3-2-4-11-12(9)10(7-14-11)5-6-13-8-15/h2-4,8H,5-7H2,1H3,(H,13,15). The summed E-state index contributed by atoms with van der Waals surface area (Å²) in [7, 11) is 0. The lowest BCUT2D eigenvalue weighted by Gasteiger charge is -2.01. The summed E-state index contributed by atoms with van der Waals surface area (Å²) in [4.78, 5) is 14.6. The smallest absolute Gasteiger partial charge is 0.207 e. The van der Waals surface area contributed by atoms with Gasteiger partial charge in [-0.1, -0.05) is 12.1 Å². The lowest BCUT2D eigenvalue weighted by Crippen LogP contribution is -2.26. The van der Waals surface area contributed by atoms with Gasteiger partial charge in [-0.3, -0.25) is 9.79 Å². The minimum atomic E-state index is 0.697. The van der Waals surface area contributed by atoms with Crippen LogP contribution in [0.5, 0.6) is 0 Å². The molecule has 0 saturated heterocycles. The number of aryl methyl sites for hydroxylation is 1. The zero-order valence-corrected chi connectivity index (χ0v) is 8.79. The van der Waals surface area contributed by atoms with Gasteiger partial charge in [0.1, 0.15) is 0 Å². The molecule has 0 unspecified atom stereocenters. The molecule has 0 saturated carbocycles. The van der Waals surface area contributed by atoms with Crippen LogP contribution in [0.25, 0.3) is 5.57 Å². The van der Waals surface area contributed by atoms with E-state index in [-0.39, 0.29) is 0 Å². The fraction of sp³-hybridized carbons (Fsp3) is 0.333. The van der Waals surface area contributed by atoms with Crippen molar-refractivity contribution in [1.82, 2.24) is 5.32 Å². The van der Waals surface area contributed by atoms with Gasteiger partial charge in [-0.15, -0.1) is 0 Å². The summed E-state index contributed by atoms with van der Waals surface area (Å²) < 4.78 is 0. The molecule has 0 bridgehead atoms. The Kier molecular flexibility index (Phi) is 2.81. The third-order valence-corrected chi connectivity index (χ3v) is 2.70. The van der Waals surface area contributed by atoms with E-state index in [0.717, 1.165) is 24.7 Å². The first-order valence-corrected chi connectivity index (χ1v) is 5.12. The van der Waals surface area contributed by atoms with Crippen molar-refractivity contribution in [3.05, 3.63) is 34.3 Å². The number of carbonyl (C=O) groups is 1. The Hall–Kier alpha value is -1.64. The highest BCUT2D eigenvalue weighted by molar-refractivity contribution is 5.52. The summed E-state index contributed by atoms with van der Waals surface area (Å²) >= 11 is 0. The first kappa shape index (κ1) is 9.90. The Morgan fingerprint density at radius 1 is 1.53 bits per heavy atom. The van der Waals surface area contributed by atoms with Crippen LogP contribution < -0.4 is 15.9 Å². The molecule has 1 aliphatic rings. The Bertz CT molecular complexity index is 491. The van der Waals surface area contributed by atoms with E-state index in [4.69, 9.17) is 0 Å². The molecule has 15 heavy (non-hydrogen) atoms. The van der Waals surface area contributed by atoms with Gasteiger partial charge in [0.05, 0.1) is 11.9 Å². The summed E-state index contributed by atoms with van der Waals surface area (Å²) in [5, 5.41) is 5.06. The van der Waals surface area contributed by atoms with Crippen LogP contribution in [-0.4, -0.2) is 19.5 Å². The van der Waals surface area contributed by atoms with Crippen LogP contribution in [0.1, 0.15) is 12.0 Å². The van der Waals surface area contributed by atoms with E-state index in [1.165, 1.54) is 16.4 Å². The van der Waals surface area contributed by atoms with E-state index >= 15 is 0 Å². The highest BCUT2D eigenvalue weighted by Crippen LogP contribution is 2.03. The molecular formula is C12H14N2O. The molecule has 78 valence electrons. The first-order chi connectivity index (χ1) is 7.33. The van der Waals surface area contributed by atoms with E-state index in [9.17, 15) is 4.79 Å². The number of hydrogen-bond acceptors (Lipinski definition) is 2. The third-order valence-electron chi connectivity index (χ3n) is 2.70. The van der Waals surface area contributed by atoms with Gasteiger partial charge in [0.25, 0.3) is 0 Å². The fourth-order valence-electron chi connectivity index (χ4n) is 1.99. The van der Waals surface area contributed by atoms with Crippen LogP contribution in [0.2, 0.25) is 0 Å². The lowest BCUT2D eigenvalue weighted by atomic mass is 10.1. The van der Waals surface area contributed by atoms with Gasteiger partial charge >= 0.3 is 0 Å². The zero-order valence-electron chi connectivity index (χ0n) is 8.79. The SMILES string of the molecule is Cc1cccc2c1=C(CCNC=O)CN=2. The molecular weight excluding hydrogens is 188 g/mol. The van der Waals surface area contributed by atoms with E-state index in [0.29, 0.717) is 6.54 Å². The zero-order chi connectivity index (χ0) is 10.7. The normalized spacial score (nSPS) is 13.3. The number of hydrogen-bond donors (Lipinski definition) is 1. The topological polar surface area (TPSA) is 41.5 Å². The van der Waals surface area contributed by atoms with Crippen LogP contribution >= 0.6 is 0 Å². The summed E-state index contributed by atoms with van der Waals surface area (Å²) in [5.74, 6) is 0. The highest BCUT2D eigenvalue weighted by Gasteiger charge is 2.07. The van der Waals surface area contributed by atoms with Gasteiger partial charge < -0.3 is 5.32 Å². The minimum absolute atomic E-state index is 0.697. The molecule has 0 fully saturated rings. The lowest BCUT2D eigenvalue weighted by molar-refractivity contribution is -0.109. The van der Waals surface area contributed by atoms with Crippen LogP contribution in [0.3, 0.4) is 0 Å². The van der Waals surface area contributed by atoms with Crippen molar-refractivity contribution in [2.45, 2.75) is 13.3 Å².